The first-order valence-corrected chi connectivity index (χ1v) is 8.39. The topological polar surface area (TPSA) is 49.6 Å². The van der Waals surface area contributed by atoms with Crippen LogP contribution in [0.1, 0.15) is 58.8 Å². The van der Waals surface area contributed by atoms with Gasteiger partial charge in [0.25, 0.3) is 0 Å². The smallest absolute Gasteiger partial charge is 0.320 e. The lowest BCUT2D eigenvalue weighted by atomic mass is 9.76. The molecule has 0 aromatic carbocycles. The van der Waals surface area contributed by atoms with Gasteiger partial charge in [-0.1, -0.05) is 13.8 Å². The molecule has 4 nitrogen and oxygen atoms in total. The van der Waals surface area contributed by atoms with E-state index in [-0.39, 0.29) is 11.6 Å². The van der Waals surface area contributed by atoms with Crippen LogP contribution in [-0.4, -0.2) is 47.5 Å². The number of nitrogens with zero attached hydrogens (tertiary/aromatic N) is 2. The number of amides is 2. The van der Waals surface area contributed by atoms with E-state index < -0.39 is 0 Å². The molecule has 0 radical (unpaired) electrons. The van der Waals surface area contributed by atoms with Crippen LogP contribution < -0.4 is 5.73 Å². The van der Waals surface area contributed by atoms with E-state index in [9.17, 15) is 4.79 Å². The molecule has 0 bridgehead atoms. The van der Waals surface area contributed by atoms with Crippen molar-refractivity contribution in [3.8, 4) is 0 Å². The Labute approximate surface area is 123 Å². The van der Waals surface area contributed by atoms with Gasteiger partial charge in [-0.25, -0.2) is 4.79 Å². The zero-order chi connectivity index (χ0) is 14.6. The maximum Gasteiger partial charge on any atom is 0.320 e. The minimum atomic E-state index is -0.0812. The first kappa shape index (κ1) is 15.6. The molecule has 1 saturated heterocycles. The van der Waals surface area contributed by atoms with Crippen molar-refractivity contribution in [2.45, 2.75) is 64.3 Å². The van der Waals surface area contributed by atoms with Gasteiger partial charge < -0.3 is 15.5 Å². The van der Waals surface area contributed by atoms with Crippen LogP contribution in [0.2, 0.25) is 0 Å². The third-order valence-electron chi connectivity index (χ3n) is 5.21. The molecule has 2 amide bonds. The number of hydrogen-bond acceptors (Lipinski definition) is 2. The monoisotopic (exact) mass is 281 g/mol. The second kappa shape index (κ2) is 6.79. The fraction of sp³-hybridized carbons (Fsp3) is 0.938. The summed E-state index contributed by atoms with van der Waals surface area (Å²) in [4.78, 5) is 17.0. The molecule has 0 aromatic heterocycles. The van der Waals surface area contributed by atoms with Crippen molar-refractivity contribution in [1.29, 1.82) is 0 Å². The van der Waals surface area contributed by atoms with Gasteiger partial charge in [0.2, 0.25) is 0 Å². The van der Waals surface area contributed by atoms with E-state index in [2.05, 4.69) is 18.7 Å². The summed E-state index contributed by atoms with van der Waals surface area (Å²) in [7, 11) is 0. The van der Waals surface area contributed by atoms with Crippen molar-refractivity contribution >= 4 is 6.03 Å². The van der Waals surface area contributed by atoms with Crippen molar-refractivity contribution in [3.63, 3.8) is 0 Å². The fourth-order valence-corrected chi connectivity index (χ4v) is 3.72. The number of urea groups is 1. The summed E-state index contributed by atoms with van der Waals surface area (Å²) in [6.45, 7) is 7.78. The lowest BCUT2D eigenvalue weighted by Crippen LogP contribution is -2.60. The quantitative estimate of drug-likeness (QED) is 0.861. The molecule has 20 heavy (non-hydrogen) atoms. The molecular weight excluding hydrogens is 250 g/mol. The predicted octanol–water partition coefficient (Wildman–Crippen LogP) is 2.82. The van der Waals surface area contributed by atoms with Crippen LogP contribution in [0.15, 0.2) is 0 Å². The van der Waals surface area contributed by atoms with Crippen molar-refractivity contribution in [2.24, 2.45) is 11.7 Å². The second-order valence-corrected chi connectivity index (χ2v) is 6.74. The van der Waals surface area contributed by atoms with Crippen LogP contribution in [0.25, 0.3) is 0 Å². The highest BCUT2D eigenvalue weighted by Gasteiger charge is 2.42. The zero-order valence-corrected chi connectivity index (χ0v) is 13.2. The standard InChI is InChI=1S/C16H31N3O/c1-3-10-19(15(20)18-11-4-5-12-18)16(13-17)8-6-14(2)7-9-16/h14H,3-13,17H2,1-2H3. The Balaban J connectivity index is 2.14. The lowest BCUT2D eigenvalue weighted by molar-refractivity contribution is 0.0555. The van der Waals surface area contributed by atoms with E-state index in [4.69, 9.17) is 5.73 Å². The van der Waals surface area contributed by atoms with Crippen LogP contribution in [0.5, 0.6) is 0 Å². The first-order chi connectivity index (χ1) is 9.63. The molecule has 0 unspecified atom stereocenters. The molecule has 2 rings (SSSR count). The molecule has 4 heteroatoms. The van der Waals surface area contributed by atoms with E-state index in [1.165, 1.54) is 12.8 Å². The lowest BCUT2D eigenvalue weighted by Gasteiger charge is -2.48. The van der Waals surface area contributed by atoms with E-state index in [1.807, 2.05) is 4.90 Å². The summed E-state index contributed by atoms with van der Waals surface area (Å²) in [5.74, 6) is 0.778. The third kappa shape index (κ3) is 3.11. The van der Waals surface area contributed by atoms with Crippen LogP contribution >= 0.6 is 0 Å². The minimum absolute atomic E-state index is 0.0812. The number of carbonyl (C=O) groups is 1. The van der Waals surface area contributed by atoms with Gasteiger partial charge in [-0.05, 0) is 50.9 Å². The van der Waals surface area contributed by atoms with Crippen LogP contribution in [0.3, 0.4) is 0 Å². The van der Waals surface area contributed by atoms with Gasteiger partial charge in [0, 0.05) is 26.2 Å². The zero-order valence-electron chi connectivity index (χ0n) is 13.2. The summed E-state index contributed by atoms with van der Waals surface area (Å²) >= 11 is 0. The molecule has 1 aliphatic heterocycles. The van der Waals surface area contributed by atoms with Crippen LogP contribution in [-0.2, 0) is 0 Å². The fourth-order valence-electron chi connectivity index (χ4n) is 3.72. The summed E-state index contributed by atoms with van der Waals surface area (Å²) in [5, 5.41) is 0. The van der Waals surface area contributed by atoms with Crippen molar-refractivity contribution < 1.29 is 4.79 Å². The number of carbonyl (C=O) groups excluding carboxylic acids is 1. The molecule has 2 N–H and O–H groups in total. The Morgan fingerprint density at radius 1 is 1.30 bits per heavy atom. The highest BCUT2D eigenvalue weighted by molar-refractivity contribution is 5.75. The number of likely N-dealkylation sites (tertiary alicyclic amines) is 1. The Kier molecular flexibility index (Phi) is 5.30. The molecule has 0 aromatic rings. The third-order valence-corrected chi connectivity index (χ3v) is 5.21. The maximum absolute atomic E-state index is 12.9. The maximum atomic E-state index is 12.9. The van der Waals surface area contributed by atoms with E-state index in [0.29, 0.717) is 6.54 Å². The second-order valence-electron chi connectivity index (χ2n) is 6.74. The van der Waals surface area contributed by atoms with E-state index in [0.717, 1.165) is 57.7 Å². The van der Waals surface area contributed by atoms with Crippen LogP contribution in [0, 0.1) is 5.92 Å². The summed E-state index contributed by atoms with van der Waals surface area (Å²) in [5.41, 5.74) is 6.06. The molecule has 116 valence electrons. The Morgan fingerprint density at radius 2 is 1.90 bits per heavy atom. The number of nitrogens with two attached hydrogens (primary N) is 1. The Bertz CT molecular complexity index is 318. The number of hydrogen-bond donors (Lipinski definition) is 1. The van der Waals surface area contributed by atoms with Crippen molar-refractivity contribution in [3.05, 3.63) is 0 Å². The molecule has 1 saturated carbocycles. The Morgan fingerprint density at radius 3 is 2.40 bits per heavy atom. The van der Waals surface area contributed by atoms with Gasteiger partial charge >= 0.3 is 6.03 Å². The molecule has 1 aliphatic carbocycles. The minimum Gasteiger partial charge on any atom is -0.328 e. The van der Waals surface area contributed by atoms with E-state index >= 15 is 0 Å². The molecule has 0 atom stereocenters. The molecule has 2 fully saturated rings. The van der Waals surface area contributed by atoms with Gasteiger partial charge in [-0.15, -0.1) is 0 Å². The Hall–Kier alpha value is -0.770. The van der Waals surface area contributed by atoms with Gasteiger partial charge in [0.15, 0.2) is 0 Å². The largest absolute Gasteiger partial charge is 0.328 e. The van der Waals surface area contributed by atoms with Gasteiger partial charge in [-0.3, -0.25) is 0 Å². The highest BCUT2D eigenvalue weighted by atomic mass is 16.2. The molecule has 2 aliphatic rings. The molecular formula is C16H31N3O. The van der Waals surface area contributed by atoms with Gasteiger partial charge in [0.05, 0.1) is 5.54 Å². The predicted molar refractivity (Wildman–Crippen MR) is 82.6 cm³/mol. The summed E-state index contributed by atoms with van der Waals surface area (Å²) < 4.78 is 0. The summed E-state index contributed by atoms with van der Waals surface area (Å²) in [6, 6.07) is 0.240. The SMILES string of the molecule is CCCN(C(=O)N1CCCC1)C1(CN)CCC(C)CC1. The average molecular weight is 281 g/mol. The number of rotatable bonds is 4. The van der Waals surface area contributed by atoms with Crippen LogP contribution in [0.4, 0.5) is 4.79 Å². The molecule has 1 heterocycles. The van der Waals surface area contributed by atoms with Gasteiger partial charge in [-0.2, -0.15) is 0 Å². The van der Waals surface area contributed by atoms with Gasteiger partial charge in [0.1, 0.15) is 0 Å². The normalized spacial score (nSPS) is 30.6. The van der Waals surface area contributed by atoms with Crippen molar-refractivity contribution in [2.75, 3.05) is 26.2 Å². The van der Waals surface area contributed by atoms with Crippen molar-refractivity contribution in [1.82, 2.24) is 9.80 Å². The highest BCUT2D eigenvalue weighted by Crippen LogP contribution is 2.36. The first-order valence-electron chi connectivity index (χ1n) is 8.39. The summed E-state index contributed by atoms with van der Waals surface area (Å²) in [6.07, 6.45) is 7.86. The van der Waals surface area contributed by atoms with E-state index in [1.54, 1.807) is 0 Å². The molecule has 0 spiro atoms. The average Bonchev–Trinajstić information content (AvgIpc) is 3.00.